The van der Waals surface area contributed by atoms with Gasteiger partial charge in [0, 0.05) is 18.2 Å². The average Bonchev–Trinajstić information content (AvgIpc) is 2.39. The van der Waals surface area contributed by atoms with Gasteiger partial charge in [-0.05, 0) is 24.8 Å². The highest BCUT2D eigenvalue weighted by atomic mass is 32.2. The first-order valence-corrected chi connectivity index (χ1v) is 8.93. The van der Waals surface area contributed by atoms with Gasteiger partial charge in [-0.1, -0.05) is 44.2 Å². The topological polar surface area (TPSA) is 46.5 Å². The van der Waals surface area contributed by atoms with Gasteiger partial charge in [0.15, 0.2) is 9.84 Å². The van der Waals surface area contributed by atoms with Gasteiger partial charge in [-0.15, -0.1) is 0 Å². The van der Waals surface area contributed by atoms with Gasteiger partial charge in [-0.25, -0.2) is 8.42 Å². The highest BCUT2D eigenvalue weighted by Crippen LogP contribution is 2.36. The van der Waals surface area contributed by atoms with Crippen molar-refractivity contribution in [1.29, 1.82) is 0 Å². The summed E-state index contributed by atoms with van der Waals surface area (Å²) in [6, 6.07) is 10.1. The Morgan fingerprint density at radius 2 is 2.00 bits per heavy atom. The molecule has 0 radical (unpaired) electrons. The first-order chi connectivity index (χ1) is 9.48. The van der Waals surface area contributed by atoms with E-state index in [0.29, 0.717) is 19.4 Å². The summed E-state index contributed by atoms with van der Waals surface area (Å²) < 4.78 is 25.1. The second kappa shape index (κ2) is 6.08. The Hall–Kier alpha value is -1.16. The van der Waals surface area contributed by atoms with Crippen LogP contribution in [0.25, 0.3) is 0 Å². The van der Waals surface area contributed by atoms with E-state index in [0.717, 1.165) is 6.42 Å². The SMILES string of the molecule is CCCS(=O)(=O)C1CC=NC[C@@]1(C)Cc1ccccc1. The highest BCUT2D eigenvalue weighted by Gasteiger charge is 2.43. The van der Waals surface area contributed by atoms with Crippen LogP contribution in [0.3, 0.4) is 0 Å². The fourth-order valence-electron chi connectivity index (χ4n) is 3.07. The summed E-state index contributed by atoms with van der Waals surface area (Å²) >= 11 is 0. The highest BCUT2D eigenvalue weighted by molar-refractivity contribution is 7.92. The lowest BCUT2D eigenvalue weighted by Crippen LogP contribution is -2.45. The van der Waals surface area contributed by atoms with Crippen molar-refractivity contribution in [3.63, 3.8) is 0 Å². The first-order valence-electron chi connectivity index (χ1n) is 7.22. The summed E-state index contributed by atoms with van der Waals surface area (Å²) in [6.45, 7) is 4.58. The van der Waals surface area contributed by atoms with Gasteiger partial charge in [0.05, 0.1) is 11.0 Å². The average molecular weight is 293 g/mol. The second-order valence-corrected chi connectivity index (χ2v) is 8.23. The minimum Gasteiger partial charge on any atom is -0.297 e. The molecule has 0 amide bonds. The van der Waals surface area contributed by atoms with Gasteiger partial charge in [-0.2, -0.15) is 0 Å². The molecule has 0 aliphatic carbocycles. The molecule has 1 aromatic rings. The Morgan fingerprint density at radius 3 is 2.65 bits per heavy atom. The van der Waals surface area contributed by atoms with E-state index in [4.69, 9.17) is 0 Å². The molecule has 0 saturated heterocycles. The standard InChI is InChI=1S/C16H23NO2S/c1-3-11-20(18,19)15-9-10-17-13-16(15,2)12-14-7-5-4-6-8-14/h4-8,10,15H,3,9,11-13H2,1-2H3/t15?,16-/m1/s1. The number of hydrogen-bond donors (Lipinski definition) is 0. The molecule has 2 atom stereocenters. The molecule has 2 rings (SSSR count). The van der Waals surface area contributed by atoms with Crippen molar-refractivity contribution >= 4 is 16.1 Å². The van der Waals surface area contributed by atoms with Crippen LogP contribution in [0, 0.1) is 5.41 Å². The number of rotatable bonds is 5. The molecule has 1 unspecified atom stereocenters. The maximum atomic E-state index is 12.5. The van der Waals surface area contributed by atoms with Crippen molar-refractivity contribution < 1.29 is 8.42 Å². The van der Waals surface area contributed by atoms with E-state index in [2.05, 4.69) is 24.0 Å². The third-order valence-electron chi connectivity index (χ3n) is 4.05. The molecule has 0 aromatic heterocycles. The Kier molecular flexibility index (Phi) is 4.63. The van der Waals surface area contributed by atoms with E-state index in [9.17, 15) is 8.42 Å². The molecule has 1 aromatic carbocycles. The molecule has 0 saturated carbocycles. The maximum absolute atomic E-state index is 12.5. The summed E-state index contributed by atoms with van der Waals surface area (Å²) in [5, 5.41) is -0.312. The zero-order valence-electron chi connectivity index (χ0n) is 12.2. The molecule has 110 valence electrons. The van der Waals surface area contributed by atoms with Gasteiger partial charge in [0.2, 0.25) is 0 Å². The van der Waals surface area contributed by atoms with Crippen LogP contribution in [0.2, 0.25) is 0 Å². The van der Waals surface area contributed by atoms with Gasteiger partial charge in [0.1, 0.15) is 0 Å². The van der Waals surface area contributed by atoms with Crippen LogP contribution in [0.4, 0.5) is 0 Å². The third kappa shape index (κ3) is 3.29. The number of nitrogens with zero attached hydrogens (tertiary/aromatic N) is 1. The second-order valence-electron chi connectivity index (χ2n) is 5.93. The predicted octanol–water partition coefficient (Wildman–Crippen LogP) is 2.90. The molecular formula is C16H23NO2S. The van der Waals surface area contributed by atoms with Crippen LogP contribution in [0.15, 0.2) is 35.3 Å². The quantitative estimate of drug-likeness (QED) is 0.838. The van der Waals surface area contributed by atoms with E-state index in [1.807, 2.05) is 25.1 Å². The maximum Gasteiger partial charge on any atom is 0.154 e. The minimum absolute atomic E-state index is 0.274. The summed E-state index contributed by atoms with van der Waals surface area (Å²) in [4.78, 5) is 4.36. The lowest BCUT2D eigenvalue weighted by atomic mass is 9.78. The molecule has 1 heterocycles. The van der Waals surface area contributed by atoms with Crippen LogP contribution in [-0.2, 0) is 16.3 Å². The summed E-state index contributed by atoms with van der Waals surface area (Å²) in [6.07, 6.45) is 3.77. The Labute approximate surface area is 122 Å². The zero-order valence-corrected chi connectivity index (χ0v) is 13.1. The molecule has 0 N–H and O–H groups in total. The molecule has 1 aliphatic rings. The van der Waals surface area contributed by atoms with Crippen molar-refractivity contribution in [1.82, 2.24) is 0 Å². The van der Waals surface area contributed by atoms with E-state index >= 15 is 0 Å². The van der Waals surface area contributed by atoms with Gasteiger partial charge in [0.25, 0.3) is 0 Å². The Morgan fingerprint density at radius 1 is 1.30 bits per heavy atom. The summed E-state index contributed by atoms with van der Waals surface area (Å²) in [5.41, 5.74) is 0.883. The lowest BCUT2D eigenvalue weighted by Gasteiger charge is -2.38. The van der Waals surface area contributed by atoms with E-state index in [1.54, 1.807) is 6.21 Å². The lowest BCUT2D eigenvalue weighted by molar-refractivity contribution is 0.305. The largest absolute Gasteiger partial charge is 0.297 e. The molecule has 0 spiro atoms. The van der Waals surface area contributed by atoms with Crippen LogP contribution in [0.5, 0.6) is 0 Å². The van der Waals surface area contributed by atoms with E-state index < -0.39 is 9.84 Å². The number of sulfone groups is 1. The number of benzene rings is 1. The predicted molar refractivity (Wildman–Crippen MR) is 84.1 cm³/mol. The molecule has 20 heavy (non-hydrogen) atoms. The van der Waals surface area contributed by atoms with Gasteiger partial charge >= 0.3 is 0 Å². The van der Waals surface area contributed by atoms with E-state index in [1.165, 1.54) is 5.56 Å². The fraction of sp³-hybridized carbons (Fsp3) is 0.562. The zero-order chi connectivity index (χ0) is 14.6. The molecule has 0 bridgehead atoms. The van der Waals surface area contributed by atoms with Crippen molar-refractivity contribution in [2.24, 2.45) is 10.4 Å². The van der Waals surface area contributed by atoms with Crippen LogP contribution >= 0.6 is 0 Å². The third-order valence-corrected chi connectivity index (χ3v) is 6.66. The van der Waals surface area contributed by atoms with Crippen molar-refractivity contribution in [3.05, 3.63) is 35.9 Å². The smallest absolute Gasteiger partial charge is 0.154 e. The van der Waals surface area contributed by atoms with Crippen LogP contribution in [-0.4, -0.2) is 32.2 Å². The first kappa shape index (κ1) is 15.2. The van der Waals surface area contributed by atoms with Crippen LogP contribution < -0.4 is 0 Å². The van der Waals surface area contributed by atoms with Crippen LogP contribution in [0.1, 0.15) is 32.3 Å². The molecule has 3 nitrogen and oxygen atoms in total. The van der Waals surface area contributed by atoms with Gasteiger partial charge < -0.3 is 0 Å². The van der Waals surface area contributed by atoms with Crippen molar-refractivity contribution in [2.45, 2.75) is 38.4 Å². The van der Waals surface area contributed by atoms with E-state index in [-0.39, 0.29) is 16.4 Å². The summed E-state index contributed by atoms with van der Waals surface area (Å²) in [5.74, 6) is 0.274. The Balaban J connectivity index is 2.28. The molecule has 4 heteroatoms. The van der Waals surface area contributed by atoms with Crippen molar-refractivity contribution in [2.75, 3.05) is 12.3 Å². The normalized spacial score (nSPS) is 26.6. The van der Waals surface area contributed by atoms with Gasteiger partial charge in [-0.3, -0.25) is 4.99 Å². The summed E-state index contributed by atoms with van der Waals surface area (Å²) in [7, 11) is -3.05. The monoisotopic (exact) mass is 293 g/mol. The fourth-order valence-corrected chi connectivity index (χ4v) is 5.33. The number of hydrogen-bond acceptors (Lipinski definition) is 3. The molecule has 1 aliphatic heterocycles. The molecule has 0 fully saturated rings. The molecular weight excluding hydrogens is 270 g/mol. The van der Waals surface area contributed by atoms with Crippen molar-refractivity contribution in [3.8, 4) is 0 Å². The minimum atomic E-state index is -3.05. The Bertz CT molecular complexity index is 565. The number of aliphatic imine (C=N–C) groups is 1.